The summed E-state index contributed by atoms with van der Waals surface area (Å²) in [5.41, 5.74) is 3.06. The van der Waals surface area contributed by atoms with Crippen molar-refractivity contribution >= 4 is 11.6 Å². The zero-order valence-corrected chi connectivity index (χ0v) is 21.3. The van der Waals surface area contributed by atoms with Crippen LogP contribution in [0.25, 0.3) is 5.65 Å². The second-order valence-corrected chi connectivity index (χ2v) is 11.3. The monoisotopic (exact) mass is 505 g/mol. The Balaban J connectivity index is 1.15. The number of fused-ring (bicyclic) bond motifs is 1. The van der Waals surface area contributed by atoms with Gasteiger partial charge in [0.25, 0.3) is 0 Å². The number of nitrogens with zero attached hydrogens (tertiary/aromatic N) is 5. The highest BCUT2D eigenvalue weighted by Gasteiger charge is 2.41. The molecular weight excluding hydrogens is 469 g/mol. The number of carbonyl (C=O) groups is 1. The van der Waals surface area contributed by atoms with E-state index in [-0.39, 0.29) is 17.7 Å². The molecule has 0 amide bonds. The molecule has 6 rings (SSSR count). The zero-order chi connectivity index (χ0) is 25.4. The molecular formula is C29H36FN5O2. The number of imidazole rings is 1. The van der Waals surface area contributed by atoms with E-state index in [1.54, 1.807) is 18.3 Å². The molecule has 4 heterocycles. The summed E-state index contributed by atoms with van der Waals surface area (Å²) in [6.45, 7) is 4.32. The van der Waals surface area contributed by atoms with Crippen molar-refractivity contribution in [3.8, 4) is 0 Å². The molecule has 0 bridgehead atoms. The lowest BCUT2D eigenvalue weighted by atomic mass is 9.80. The van der Waals surface area contributed by atoms with E-state index in [9.17, 15) is 14.3 Å². The SMILES string of the molecule is O=C(O)[C@@H](CC1CCC1)N1CC(CN2CCC(c3cnc4cccnn34)CC2)[C@@H](c2cccc(F)c2)C1. The number of halogens is 1. The van der Waals surface area contributed by atoms with E-state index in [1.807, 2.05) is 28.9 Å². The molecule has 2 aliphatic heterocycles. The standard InChI is InChI=1S/C29H36FN5O2/c30-24-7-2-6-22(15-24)25-19-34(26(29(36)37)14-20-4-1-5-20)18-23(25)17-33-12-9-21(10-13-33)27-16-31-28-8-3-11-32-35(27)28/h2-3,6-8,11,15-16,20-21,23,25-26H,1,4-5,9-10,12-14,17-19H2,(H,36,37)/t23?,25-,26-/m1/s1. The molecule has 3 atom stereocenters. The van der Waals surface area contributed by atoms with Crippen LogP contribution in [0.3, 0.4) is 0 Å². The second-order valence-electron chi connectivity index (χ2n) is 11.3. The first-order valence-corrected chi connectivity index (χ1v) is 13.8. The Morgan fingerprint density at radius 1 is 1.11 bits per heavy atom. The van der Waals surface area contributed by atoms with Crippen molar-refractivity contribution in [2.24, 2.45) is 11.8 Å². The van der Waals surface area contributed by atoms with Gasteiger partial charge in [-0.25, -0.2) is 13.9 Å². The van der Waals surface area contributed by atoms with E-state index in [0.29, 0.717) is 18.4 Å². The maximum absolute atomic E-state index is 14.2. The first kappa shape index (κ1) is 24.5. The van der Waals surface area contributed by atoms with Gasteiger partial charge in [-0.2, -0.15) is 5.10 Å². The number of piperidine rings is 1. The molecule has 3 fully saturated rings. The lowest BCUT2D eigenvalue weighted by molar-refractivity contribution is -0.144. The molecule has 3 aliphatic rings. The van der Waals surface area contributed by atoms with Crippen LogP contribution in [0.2, 0.25) is 0 Å². The number of aromatic nitrogens is 3. The summed E-state index contributed by atoms with van der Waals surface area (Å²) in [6, 6.07) is 10.4. The van der Waals surface area contributed by atoms with E-state index in [4.69, 9.17) is 0 Å². The predicted octanol–water partition coefficient (Wildman–Crippen LogP) is 4.41. The molecule has 37 heavy (non-hydrogen) atoms. The van der Waals surface area contributed by atoms with Crippen molar-refractivity contribution < 1.29 is 14.3 Å². The smallest absolute Gasteiger partial charge is 0.320 e. The third-order valence-electron chi connectivity index (χ3n) is 9.06. The molecule has 1 N–H and O–H groups in total. The van der Waals surface area contributed by atoms with Crippen LogP contribution in [0.5, 0.6) is 0 Å². The predicted molar refractivity (Wildman–Crippen MR) is 139 cm³/mol. The molecule has 7 nitrogen and oxygen atoms in total. The van der Waals surface area contributed by atoms with Gasteiger partial charge in [0.2, 0.25) is 0 Å². The fourth-order valence-electron chi connectivity index (χ4n) is 6.78. The average Bonchev–Trinajstić information content (AvgIpc) is 3.48. The van der Waals surface area contributed by atoms with Crippen LogP contribution < -0.4 is 0 Å². The van der Waals surface area contributed by atoms with E-state index in [0.717, 1.165) is 69.5 Å². The maximum atomic E-state index is 14.2. The summed E-state index contributed by atoms with van der Waals surface area (Å²) < 4.78 is 16.1. The Hall–Kier alpha value is -2.84. The van der Waals surface area contributed by atoms with E-state index < -0.39 is 12.0 Å². The molecule has 1 aromatic carbocycles. The first-order chi connectivity index (χ1) is 18.0. The first-order valence-electron chi connectivity index (χ1n) is 13.8. The number of likely N-dealkylation sites (tertiary alicyclic amines) is 2. The Kier molecular flexibility index (Phi) is 6.95. The Bertz CT molecular complexity index is 1240. The van der Waals surface area contributed by atoms with Crippen LogP contribution >= 0.6 is 0 Å². The lowest BCUT2D eigenvalue weighted by Crippen LogP contribution is -2.43. The summed E-state index contributed by atoms with van der Waals surface area (Å²) in [6.07, 6.45) is 10.1. The highest BCUT2D eigenvalue weighted by Crippen LogP contribution is 2.39. The number of carboxylic acids is 1. The van der Waals surface area contributed by atoms with Gasteiger partial charge in [0.1, 0.15) is 11.9 Å². The molecule has 8 heteroatoms. The van der Waals surface area contributed by atoms with Crippen LogP contribution in [0.4, 0.5) is 4.39 Å². The molecule has 196 valence electrons. The molecule has 1 saturated carbocycles. The molecule has 2 saturated heterocycles. The minimum Gasteiger partial charge on any atom is -0.480 e. The fraction of sp³-hybridized carbons (Fsp3) is 0.552. The van der Waals surface area contributed by atoms with Crippen molar-refractivity contribution in [3.63, 3.8) is 0 Å². The van der Waals surface area contributed by atoms with Gasteiger partial charge in [-0.15, -0.1) is 0 Å². The minimum absolute atomic E-state index is 0.139. The Morgan fingerprint density at radius 2 is 1.95 bits per heavy atom. The van der Waals surface area contributed by atoms with Crippen molar-refractivity contribution in [1.29, 1.82) is 0 Å². The van der Waals surface area contributed by atoms with Gasteiger partial charge in [0.05, 0.1) is 11.9 Å². The Labute approximate surface area is 217 Å². The van der Waals surface area contributed by atoms with Crippen molar-refractivity contribution in [2.45, 2.75) is 56.4 Å². The van der Waals surface area contributed by atoms with E-state index >= 15 is 0 Å². The van der Waals surface area contributed by atoms with Gasteiger partial charge in [0, 0.05) is 37.7 Å². The van der Waals surface area contributed by atoms with Crippen LogP contribution in [0.15, 0.2) is 48.8 Å². The van der Waals surface area contributed by atoms with Crippen molar-refractivity contribution in [1.82, 2.24) is 24.4 Å². The van der Waals surface area contributed by atoms with Crippen molar-refractivity contribution in [2.75, 3.05) is 32.7 Å². The van der Waals surface area contributed by atoms with Crippen LogP contribution in [0.1, 0.15) is 61.6 Å². The van der Waals surface area contributed by atoms with Crippen LogP contribution in [-0.2, 0) is 4.79 Å². The van der Waals surface area contributed by atoms with Crippen LogP contribution in [-0.4, -0.2) is 74.2 Å². The van der Waals surface area contributed by atoms with Gasteiger partial charge < -0.3 is 10.0 Å². The van der Waals surface area contributed by atoms with Gasteiger partial charge in [-0.3, -0.25) is 9.69 Å². The highest BCUT2D eigenvalue weighted by molar-refractivity contribution is 5.73. The third-order valence-corrected chi connectivity index (χ3v) is 9.06. The average molecular weight is 506 g/mol. The van der Waals surface area contributed by atoms with Gasteiger partial charge in [-0.1, -0.05) is 31.4 Å². The second kappa shape index (κ2) is 10.5. The van der Waals surface area contributed by atoms with Gasteiger partial charge in [0.15, 0.2) is 5.65 Å². The third kappa shape index (κ3) is 5.14. The quantitative estimate of drug-likeness (QED) is 0.489. The largest absolute Gasteiger partial charge is 0.480 e. The normalized spacial score (nSPS) is 24.9. The Morgan fingerprint density at radius 3 is 2.68 bits per heavy atom. The highest BCUT2D eigenvalue weighted by atomic mass is 19.1. The molecule has 2 aromatic heterocycles. The van der Waals surface area contributed by atoms with Gasteiger partial charge >= 0.3 is 5.97 Å². The number of aliphatic carboxylic acids is 1. The molecule has 3 aromatic rings. The summed E-state index contributed by atoms with van der Waals surface area (Å²) >= 11 is 0. The molecule has 1 aliphatic carbocycles. The zero-order valence-electron chi connectivity index (χ0n) is 21.3. The molecule has 0 radical (unpaired) electrons. The molecule has 0 spiro atoms. The summed E-state index contributed by atoms with van der Waals surface area (Å²) in [5.74, 6) is 0.438. The number of carboxylic acid groups (broad SMARTS) is 1. The molecule has 1 unspecified atom stereocenters. The summed E-state index contributed by atoms with van der Waals surface area (Å²) in [7, 11) is 0. The number of hydrogen-bond acceptors (Lipinski definition) is 5. The summed E-state index contributed by atoms with van der Waals surface area (Å²) in [4.78, 5) is 21.5. The number of rotatable bonds is 8. The van der Waals surface area contributed by atoms with Gasteiger partial charge in [-0.05, 0) is 74.0 Å². The van der Waals surface area contributed by atoms with E-state index in [2.05, 4.69) is 19.9 Å². The maximum Gasteiger partial charge on any atom is 0.320 e. The fourth-order valence-corrected chi connectivity index (χ4v) is 6.78. The number of benzene rings is 1. The van der Waals surface area contributed by atoms with Crippen molar-refractivity contribution in [3.05, 3.63) is 65.9 Å². The van der Waals surface area contributed by atoms with E-state index in [1.165, 1.54) is 18.2 Å². The van der Waals surface area contributed by atoms with Crippen LogP contribution in [0, 0.1) is 17.7 Å². The lowest BCUT2D eigenvalue weighted by Gasteiger charge is -2.34. The topological polar surface area (TPSA) is 74.0 Å². The number of hydrogen-bond donors (Lipinski definition) is 1. The minimum atomic E-state index is -0.715. The summed E-state index contributed by atoms with van der Waals surface area (Å²) in [5, 5.41) is 14.6.